The minimum atomic E-state index is -2.06. The maximum absolute atomic E-state index is 10.7. The monoisotopic (exact) mass is 448 g/mol. The Kier molecular flexibility index (Phi) is 9.10. The minimum Gasteiger partial charge on any atom is -0.408 e. The van der Waals surface area contributed by atoms with Crippen molar-refractivity contribution in [2.75, 3.05) is 0 Å². The molecule has 0 aliphatic carbocycles. The van der Waals surface area contributed by atoms with E-state index < -0.39 is 22.7 Å². The first-order valence-corrected chi connectivity index (χ1v) is 16.7. The highest BCUT2D eigenvalue weighted by atomic mass is 28.4. The largest absolute Gasteiger partial charge is 0.408 e. The van der Waals surface area contributed by atoms with Crippen molar-refractivity contribution in [2.24, 2.45) is 0 Å². The highest BCUT2D eigenvalue weighted by molar-refractivity contribution is 6.74. The third kappa shape index (κ3) is 7.31. The molecule has 0 bridgehead atoms. The van der Waals surface area contributed by atoms with E-state index in [2.05, 4.69) is 74.3 Å². The number of hydrogen-bond acceptors (Lipinski definition) is 3. The maximum atomic E-state index is 10.7. The fourth-order valence-electron chi connectivity index (χ4n) is 2.48. The van der Waals surface area contributed by atoms with Crippen LogP contribution in [0, 0.1) is 0 Å². The molecule has 3 atom stereocenters. The third-order valence-electron chi connectivity index (χ3n) is 6.65. The number of benzene rings is 1. The molecule has 1 aromatic carbocycles. The van der Waals surface area contributed by atoms with E-state index in [9.17, 15) is 5.11 Å². The van der Waals surface area contributed by atoms with Crippen LogP contribution in [0.15, 0.2) is 55.1 Å². The Morgan fingerprint density at radius 1 is 0.800 bits per heavy atom. The molecular weight excluding hydrogens is 404 g/mol. The van der Waals surface area contributed by atoms with Gasteiger partial charge in [0.2, 0.25) is 0 Å². The molecule has 0 spiro atoms. The predicted molar refractivity (Wildman–Crippen MR) is 135 cm³/mol. The molecule has 0 unspecified atom stereocenters. The maximum Gasteiger partial charge on any atom is 0.193 e. The van der Waals surface area contributed by atoms with Crippen molar-refractivity contribution in [1.29, 1.82) is 0 Å². The number of aliphatic hydroxyl groups excluding tert-OH is 1. The first-order valence-electron chi connectivity index (χ1n) is 10.9. The van der Waals surface area contributed by atoms with E-state index in [1.54, 1.807) is 0 Å². The van der Waals surface area contributed by atoms with Crippen molar-refractivity contribution in [2.45, 2.75) is 96.1 Å². The molecule has 30 heavy (non-hydrogen) atoms. The number of hydrogen-bond donors (Lipinski definition) is 1. The Bertz CT molecular complexity index is 697. The lowest BCUT2D eigenvalue weighted by molar-refractivity contribution is 0.0929. The summed E-state index contributed by atoms with van der Waals surface area (Å²) in [4.78, 5) is 0. The quantitative estimate of drug-likeness (QED) is 0.319. The third-order valence-corrected chi connectivity index (χ3v) is 15.6. The Labute approximate surface area is 187 Å². The van der Waals surface area contributed by atoms with Gasteiger partial charge >= 0.3 is 0 Å². The average Bonchev–Trinajstić information content (AvgIpc) is 2.61. The van der Waals surface area contributed by atoms with Gasteiger partial charge in [0.25, 0.3) is 0 Å². The van der Waals surface area contributed by atoms with Crippen molar-refractivity contribution < 1.29 is 14.0 Å². The number of rotatable bonds is 9. The fourth-order valence-corrected chi connectivity index (χ4v) is 4.99. The topological polar surface area (TPSA) is 38.7 Å². The molecular formula is C25H44O3Si2. The first kappa shape index (κ1) is 27.0. The van der Waals surface area contributed by atoms with Crippen LogP contribution < -0.4 is 0 Å². The molecule has 1 aromatic rings. The Morgan fingerprint density at radius 3 is 1.63 bits per heavy atom. The van der Waals surface area contributed by atoms with Crippen LogP contribution in [0.1, 0.15) is 53.2 Å². The van der Waals surface area contributed by atoms with Crippen LogP contribution in [-0.2, 0) is 8.85 Å². The molecule has 1 N–H and O–H groups in total. The van der Waals surface area contributed by atoms with Gasteiger partial charge < -0.3 is 14.0 Å². The summed E-state index contributed by atoms with van der Waals surface area (Å²) in [6.45, 7) is 26.4. The second-order valence-electron chi connectivity index (χ2n) is 11.2. The number of aliphatic hydroxyl groups is 1. The van der Waals surface area contributed by atoms with Crippen LogP contribution >= 0.6 is 0 Å². The summed E-state index contributed by atoms with van der Waals surface area (Å²) in [5, 5.41) is 10.8. The lowest BCUT2D eigenvalue weighted by Gasteiger charge is -2.43. The van der Waals surface area contributed by atoms with E-state index in [1.807, 2.05) is 48.6 Å². The van der Waals surface area contributed by atoms with E-state index in [4.69, 9.17) is 8.85 Å². The second-order valence-corrected chi connectivity index (χ2v) is 20.7. The second kappa shape index (κ2) is 10.1. The zero-order valence-corrected chi connectivity index (χ0v) is 22.8. The van der Waals surface area contributed by atoms with Crippen molar-refractivity contribution in [3.63, 3.8) is 0 Å². The van der Waals surface area contributed by atoms with Gasteiger partial charge in [0.15, 0.2) is 16.6 Å². The predicted octanol–water partition coefficient (Wildman–Crippen LogP) is 7.24. The zero-order chi connectivity index (χ0) is 23.4. The molecule has 0 heterocycles. The lowest BCUT2D eigenvalue weighted by atomic mass is 10.1. The van der Waals surface area contributed by atoms with Gasteiger partial charge in [-0.25, -0.2) is 0 Å². The first-order chi connectivity index (χ1) is 13.5. The zero-order valence-electron chi connectivity index (χ0n) is 20.8. The summed E-state index contributed by atoms with van der Waals surface area (Å²) in [5.74, 6) is 0. The summed E-state index contributed by atoms with van der Waals surface area (Å²) in [7, 11) is -4.09. The molecule has 0 fully saturated rings. The van der Waals surface area contributed by atoms with Gasteiger partial charge in [0.1, 0.15) is 0 Å². The summed E-state index contributed by atoms with van der Waals surface area (Å²) in [5.41, 5.74) is 0.861. The van der Waals surface area contributed by atoms with E-state index in [0.717, 1.165) is 5.56 Å². The summed E-state index contributed by atoms with van der Waals surface area (Å²) in [6, 6.07) is 9.67. The Hall–Kier alpha value is -0.986. The van der Waals surface area contributed by atoms with Gasteiger partial charge in [-0.2, -0.15) is 0 Å². The molecule has 0 saturated heterocycles. The van der Waals surface area contributed by atoms with Crippen LogP contribution in [0.3, 0.4) is 0 Å². The van der Waals surface area contributed by atoms with Gasteiger partial charge in [-0.1, -0.05) is 90.1 Å². The van der Waals surface area contributed by atoms with Crippen LogP contribution in [0.2, 0.25) is 36.3 Å². The van der Waals surface area contributed by atoms with Gasteiger partial charge in [-0.3, -0.25) is 0 Å². The molecule has 0 aliphatic rings. The van der Waals surface area contributed by atoms with Gasteiger partial charge in [0.05, 0.1) is 18.3 Å². The Balaban J connectivity index is 3.24. The highest BCUT2D eigenvalue weighted by Gasteiger charge is 2.43. The molecule has 1 rings (SSSR count). The summed E-state index contributed by atoms with van der Waals surface area (Å²) < 4.78 is 13.5. The molecule has 5 heteroatoms. The highest BCUT2D eigenvalue weighted by Crippen LogP contribution is 2.40. The molecule has 0 saturated carbocycles. The SMILES string of the molecule is C=C[C@H](O[Si](C)(C)C(C)(C)C)[C@@H](/C=C/[C@@H](O)c1ccccc1)O[Si](C)(C)C(C)(C)C. The van der Waals surface area contributed by atoms with Crippen LogP contribution in [0.4, 0.5) is 0 Å². The molecule has 0 amide bonds. The van der Waals surface area contributed by atoms with Crippen molar-refractivity contribution in [1.82, 2.24) is 0 Å². The Morgan fingerprint density at radius 2 is 1.23 bits per heavy atom. The van der Waals surface area contributed by atoms with Crippen molar-refractivity contribution in [3.05, 3.63) is 60.7 Å². The van der Waals surface area contributed by atoms with Gasteiger partial charge in [-0.15, -0.1) is 6.58 Å². The van der Waals surface area contributed by atoms with Crippen molar-refractivity contribution >= 4 is 16.6 Å². The van der Waals surface area contributed by atoms with E-state index >= 15 is 0 Å². The summed E-state index contributed by atoms with van der Waals surface area (Å²) in [6.07, 6.45) is 4.40. The average molecular weight is 449 g/mol. The van der Waals surface area contributed by atoms with E-state index in [-0.39, 0.29) is 22.3 Å². The standard InChI is InChI=1S/C25H44O3Si2/c1-12-22(27-29(8,9)24(2,3)4)23(28-30(10,11)25(5,6)7)19-18-21(26)20-16-14-13-15-17-20/h12-19,21-23,26H,1H2,2-11H3/b19-18+/t21-,22+,23-/m1/s1. The smallest absolute Gasteiger partial charge is 0.193 e. The van der Waals surface area contributed by atoms with Gasteiger partial charge in [-0.05, 0) is 41.8 Å². The molecule has 170 valence electrons. The lowest BCUT2D eigenvalue weighted by Crippen LogP contribution is -2.50. The normalized spacial score (nSPS) is 17.0. The molecule has 0 radical (unpaired) electrons. The van der Waals surface area contributed by atoms with Crippen LogP contribution in [0.25, 0.3) is 0 Å². The van der Waals surface area contributed by atoms with Crippen LogP contribution in [0.5, 0.6) is 0 Å². The van der Waals surface area contributed by atoms with Crippen LogP contribution in [-0.4, -0.2) is 33.9 Å². The van der Waals surface area contributed by atoms with Gasteiger partial charge in [0, 0.05) is 0 Å². The summed E-state index contributed by atoms with van der Waals surface area (Å²) >= 11 is 0. The molecule has 3 nitrogen and oxygen atoms in total. The fraction of sp³-hybridized carbons (Fsp3) is 0.600. The van der Waals surface area contributed by atoms with E-state index in [0.29, 0.717) is 0 Å². The van der Waals surface area contributed by atoms with E-state index in [1.165, 1.54) is 0 Å². The molecule has 0 aliphatic heterocycles. The minimum absolute atomic E-state index is 0.0693. The molecule has 0 aromatic heterocycles. The van der Waals surface area contributed by atoms with Crippen molar-refractivity contribution in [3.8, 4) is 0 Å².